The van der Waals surface area contributed by atoms with Crippen molar-refractivity contribution in [2.45, 2.75) is 31.6 Å². The first-order valence-corrected chi connectivity index (χ1v) is 10.2. The fourth-order valence-electron chi connectivity index (χ4n) is 4.26. The van der Waals surface area contributed by atoms with Gasteiger partial charge in [-0.2, -0.15) is 0 Å². The first-order chi connectivity index (χ1) is 13.8. The number of aryl methyl sites for hydroxylation is 1. The molecule has 0 fully saturated rings. The van der Waals surface area contributed by atoms with E-state index in [-0.39, 0.29) is 11.8 Å². The van der Waals surface area contributed by atoms with Crippen LogP contribution in [0, 0.1) is 5.92 Å². The Bertz CT molecular complexity index is 864. The average Bonchev–Trinajstić information content (AvgIpc) is 2.77. The van der Waals surface area contributed by atoms with Gasteiger partial charge in [0.05, 0.1) is 0 Å². The molecule has 2 heteroatoms. The van der Waals surface area contributed by atoms with Gasteiger partial charge in [0.25, 0.3) is 0 Å². The number of carbonyl (C=O) groups excluding carboxylic acids is 1. The van der Waals surface area contributed by atoms with Crippen molar-refractivity contribution in [2.24, 2.45) is 5.92 Å². The fourth-order valence-corrected chi connectivity index (χ4v) is 4.26. The third-order valence-corrected chi connectivity index (χ3v) is 5.83. The first-order valence-electron chi connectivity index (χ1n) is 10.2. The highest BCUT2D eigenvalue weighted by atomic mass is 16.1. The Labute approximate surface area is 167 Å². The predicted octanol–water partition coefficient (Wildman–Crippen LogP) is 5.13. The standard InChI is InChI=1S/C26H27NO/c28-26(27-19-20-15-16-21-9-7-8-14-24(21)17-20)18-25(22-10-3-1-4-11-22)23-12-5-2-6-13-23/h1-14,20,25H,15-19H2,(H,27,28). The minimum Gasteiger partial charge on any atom is -0.356 e. The molecule has 1 unspecified atom stereocenters. The maximum absolute atomic E-state index is 12.8. The number of rotatable bonds is 6. The SMILES string of the molecule is O=C(CC(c1ccccc1)c1ccccc1)NCC1CCc2ccccc2C1. The van der Waals surface area contributed by atoms with Crippen molar-refractivity contribution >= 4 is 5.91 Å². The van der Waals surface area contributed by atoms with Crippen LogP contribution in [0.2, 0.25) is 0 Å². The highest BCUT2D eigenvalue weighted by molar-refractivity contribution is 5.77. The molecule has 0 bridgehead atoms. The monoisotopic (exact) mass is 369 g/mol. The molecule has 0 spiro atoms. The Balaban J connectivity index is 1.39. The zero-order valence-corrected chi connectivity index (χ0v) is 16.2. The number of benzene rings is 3. The molecule has 0 saturated carbocycles. The van der Waals surface area contributed by atoms with E-state index in [1.165, 1.54) is 22.3 Å². The Morgan fingerprint density at radius 2 is 1.39 bits per heavy atom. The van der Waals surface area contributed by atoms with Gasteiger partial charge in [0.1, 0.15) is 0 Å². The molecular weight excluding hydrogens is 342 g/mol. The molecular formula is C26H27NO. The largest absolute Gasteiger partial charge is 0.356 e. The van der Waals surface area contributed by atoms with Gasteiger partial charge in [0.15, 0.2) is 0 Å². The zero-order valence-electron chi connectivity index (χ0n) is 16.2. The van der Waals surface area contributed by atoms with Crippen molar-refractivity contribution < 1.29 is 4.79 Å². The molecule has 0 saturated heterocycles. The number of hydrogen-bond donors (Lipinski definition) is 1. The van der Waals surface area contributed by atoms with Crippen molar-refractivity contribution in [2.75, 3.05) is 6.54 Å². The van der Waals surface area contributed by atoms with E-state index in [4.69, 9.17) is 0 Å². The summed E-state index contributed by atoms with van der Waals surface area (Å²) < 4.78 is 0. The molecule has 1 atom stereocenters. The van der Waals surface area contributed by atoms with Gasteiger partial charge in [0.2, 0.25) is 5.91 Å². The number of nitrogens with one attached hydrogen (secondary N) is 1. The van der Waals surface area contributed by atoms with Gasteiger partial charge < -0.3 is 5.32 Å². The van der Waals surface area contributed by atoms with Crippen LogP contribution < -0.4 is 5.32 Å². The van der Waals surface area contributed by atoms with Gasteiger partial charge >= 0.3 is 0 Å². The van der Waals surface area contributed by atoms with E-state index in [9.17, 15) is 4.79 Å². The summed E-state index contributed by atoms with van der Waals surface area (Å²) in [6, 6.07) is 29.4. The Morgan fingerprint density at radius 3 is 2.04 bits per heavy atom. The maximum atomic E-state index is 12.8. The van der Waals surface area contributed by atoms with Crippen LogP contribution in [0.3, 0.4) is 0 Å². The zero-order chi connectivity index (χ0) is 19.2. The van der Waals surface area contributed by atoms with Crippen LogP contribution in [-0.4, -0.2) is 12.5 Å². The third kappa shape index (κ3) is 4.51. The van der Waals surface area contributed by atoms with Crippen molar-refractivity contribution in [1.82, 2.24) is 5.32 Å². The minimum absolute atomic E-state index is 0.0921. The summed E-state index contributed by atoms with van der Waals surface area (Å²) in [4.78, 5) is 12.8. The van der Waals surface area contributed by atoms with E-state index in [0.717, 1.165) is 25.8 Å². The Kier molecular flexibility index (Phi) is 5.86. The second kappa shape index (κ2) is 8.88. The summed E-state index contributed by atoms with van der Waals surface area (Å²) >= 11 is 0. The quantitative estimate of drug-likeness (QED) is 0.641. The molecule has 2 nitrogen and oxygen atoms in total. The predicted molar refractivity (Wildman–Crippen MR) is 114 cm³/mol. The second-order valence-corrected chi connectivity index (χ2v) is 7.76. The molecule has 0 heterocycles. The lowest BCUT2D eigenvalue weighted by Gasteiger charge is -2.25. The molecule has 3 aromatic rings. The lowest BCUT2D eigenvalue weighted by atomic mass is 9.84. The van der Waals surface area contributed by atoms with Crippen molar-refractivity contribution in [3.05, 3.63) is 107 Å². The number of hydrogen-bond acceptors (Lipinski definition) is 1. The average molecular weight is 370 g/mol. The number of amides is 1. The normalized spacial score (nSPS) is 15.8. The summed E-state index contributed by atoms with van der Waals surface area (Å²) in [7, 11) is 0. The summed E-state index contributed by atoms with van der Waals surface area (Å²) in [5, 5.41) is 3.21. The van der Waals surface area contributed by atoms with E-state index in [1.807, 2.05) is 36.4 Å². The maximum Gasteiger partial charge on any atom is 0.220 e. The van der Waals surface area contributed by atoms with Gasteiger partial charge in [-0.1, -0.05) is 84.9 Å². The molecule has 1 N–H and O–H groups in total. The molecule has 1 amide bonds. The first kappa shape index (κ1) is 18.5. The van der Waals surface area contributed by atoms with Gasteiger partial charge in [0, 0.05) is 18.9 Å². The van der Waals surface area contributed by atoms with Crippen molar-refractivity contribution in [3.8, 4) is 0 Å². The molecule has 0 radical (unpaired) electrons. The van der Waals surface area contributed by atoms with E-state index >= 15 is 0 Å². The van der Waals surface area contributed by atoms with E-state index in [0.29, 0.717) is 12.3 Å². The summed E-state index contributed by atoms with van der Waals surface area (Å²) in [5.74, 6) is 0.761. The second-order valence-electron chi connectivity index (χ2n) is 7.76. The highest BCUT2D eigenvalue weighted by Gasteiger charge is 2.21. The van der Waals surface area contributed by atoms with Gasteiger partial charge in [-0.05, 0) is 47.4 Å². The molecule has 0 aromatic heterocycles. The van der Waals surface area contributed by atoms with Crippen LogP contribution in [0.25, 0.3) is 0 Å². The molecule has 1 aliphatic carbocycles. The van der Waals surface area contributed by atoms with Crippen LogP contribution in [0.5, 0.6) is 0 Å². The molecule has 1 aliphatic rings. The minimum atomic E-state index is 0.0921. The van der Waals surface area contributed by atoms with Crippen molar-refractivity contribution in [1.29, 1.82) is 0 Å². The number of carbonyl (C=O) groups is 1. The Morgan fingerprint density at radius 1 is 0.821 bits per heavy atom. The van der Waals surface area contributed by atoms with Crippen LogP contribution in [0.4, 0.5) is 0 Å². The topological polar surface area (TPSA) is 29.1 Å². The summed E-state index contributed by atoms with van der Waals surface area (Å²) in [5.41, 5.74) is 5.30. The van der Waals surface area contributed by atoms with Crippen LogP contribution in [0.15, 0.2) is 84.9 Å². The Hall–Kier alpha value is -2.87. The lowest BCUT2D eigenvalue weighted by molar-refractivity contribution is -0.121. The molecule has 3 aromatic carbocycles. The molecule has 28 heavy (non-hydrogen) atoms. The van der Waals surface area contributed by atoms with Crippen LogP contribution in [-0.2, 0) is 17.6 Å². The smallest absolute Gasteiger partial charge is 0.220 e. The van der Waals surface area contributed by atoms with E-state index in [1.54, 1.807) is 0 Å². The summed E-state index contributed by atoms with van der Waals surface area (Å²) in [6.45, 7) is 0.767. The van der Waals surface area contributed by atoms with Gasteiger partial charge in [-0.25, -0.2) is 0 Å². The summed E-state index contributed by atoms with van der Waals surface area (Å²) in [6.07, 6.45) is 3.82. The van der Waals surface area contributed by atoms with E-state index in [2.05, 4.69) is 53.8 Å². The van der Waals surface area contributed by atoms with Crippen LogP contribution in [0.1, 0.15) is 41.0 Å². The van der Waals surface area contributed by atoms with E-state index < -0.39 is 0 Å². The van der Waals surface area contributed by atoms with Gasteiger partial charge in [-0.3, -0.25) is 4.79 Å². The fraction of sp³-hybridized carbons (Fsp3) is 0.269. The molecule has 142 valence electrons. The number of fused-ring (bicyclic) bond motifs is 1. The highest BCUT2D eigenvalue weighted by Crippen LogP contribution is 2.28. The van der Waals surface area contributed by atoms with Crippen molar-refractivity contribution in [3.63, 3.8) is 0 Å². The molecule has 0 aliphatic heterocycles. The lowest BCUT2D eigenvalue weighted by Crippen LogP contribution is -2.32. The third-order valence-electron chi connectivity index (χ3n) is 5.83. The molecule has 4 rings (SSSR count). The van der Waals surface area contributed by atoms with Crippen LogP contribution >= 0.6 is 0 Å². The van der Waals surface area contributed by atoms with Gasteiger partial charge in [-0.15, -0.1) is 0 Å².